The van der Waals surface area contributed by atoms with Crippen LogP contribution in [0, 0.1) is 15.3 Å². The molecular weight excluding hydrogens is 366 g/mol. The molecule has 1 aliphatic rings. The van der Waals surface area contributed by atoms with E-state index in [1.165, 1.54) is 11.0 Å². The number of hydrogen-bond acceptors (Lipinski definition) is 3. The molecule has 1 heterocycles. The Hall–Kier alpha value is -1.38. The van der Waals surface area contributed by atoms with E-state index < -0.39 is 29.8 Å². The number of primary amides is 1. The molecule has 1 aliphatic heterocycles. The Bertz CT molecular complexity index is 538. The maximum Gasteiger partial charge on any atom is 0.414 e. The zero-order chi connectivity index (χ0) is 14.2. The van der Waals surface area contributed by atoms with Crippen molar-refractivity contribution in [1.29, 1.82) is 0 Å². The number of benzene rings is 1. The molecule has 2 atom stereocenters. The summed E-state index contributed by atoms with van der Waals surface area (Å²) < 4.78 is 19.0. The van der Waals surface area contributed by atoms with Crippen molar-refractivity contribution in [2.24, 2.45) is 11.7 Å². The molecule has 1 saturated heterocycles. The Morgan fingerprint density at radius 3 is 2.89 bits per heavy atom. The van der Waals surface area contributed by atoms with Crippen LogP contribution in [-0.4, -0.2) is 24.6 Å². The van der Waals surface area contributed by atoms with Crippen LogP contribution in [0.1, 0.15) is 6.92 Å². The topological polar surface area (TPSA) is 72.6 Å². The number of nitrogens with two attached hydrogens (primary N) is 1. The first kappa shape index (κ1) is 14.0. The third kappa shape index (κ3) is 2.80. The van der Waals surface area contributed by atoms with Crippen molar-refractivity contribution >= 4 is 40.3 Å². The first-order valence-corrected chi connectivity index (χ1v) is 6.70. The molecule has 1 unspecified atom stereocenters. The fourth-order valence-electron chi connectivity index (χ4n) is 1.79. The second-order valence-electron chi connectivity index (χ2n) is 4.32. The summed E-state index contributed by atoms with van der Waals surface area (Å²) in [5, 5.41) is 0. The van der Waals surface area contributed by atoms with Gasteiger partial charge in [0.2, 0.25) is 5.91 Å². The Balaban J connectivity index is 2.20. The quantitative estimate of drug-likeness (QED) is 0.817. The molecule has 102 valence electrons. The van der Waals surface area contributed by atoms with Gasteiger partial charge in [0.1, 0.15) is 11.9 Å². The first-order valence-electron chi connectivity index (χ1n) is 5.62. The minimum Gasteiger partial charge on any atom is -0.443 e. The molecule has 2 amide bonds. The highest BCUT2D eigenvalue weighted by Crippen LogP contribution is 2.26. The van der Waals surface area contributed by atoms with Gasteiger partial charge in [0.15, 0.2) is 0 Å². The number of halogens is 2. The van der Waals surface area contributed by atoms with Crippen molar-refractivity contribution in [2.75, 3.05) is 11.4 Å². The summed E-state index contributed by atoms with van der Waals surface area (Å²) in [6.45, 7) is 1.78. The number of carbonyl (C=O) groups excluding carboxylic acids is 2. The summed E-state index contributed by atoms with van der Waals surface area (Å²) in [4.78, 5) is 24.1. The minimum atomic E-state index is -0.604. The van der Waals surface area contributed by atoms with E-state index in [0.29, 0.717) is 9.26 Å². The van der Waals surface area contributed by atoms with Crippen molar-refractivity contribution < 1.29 is 18.7 Å². The summed E-state index contributed by atoms with van der Waals surface area (Å²) in [7, 11) is 0. The Morgan fingerprint density at radius 1 is 1.63 bits per heavy atom. The maximum absolute atomic E-state index is 13.5. The number of hydrogen-bond donors (Lipinski definition) is 1. The summed E-state index contributed by atoms with van der Waals surface area (Å²) in [5.41, 5.74) is 5.58. The average molecular weight is 378 g/mol. The number of anilines is 1. The van der Waals surface area contributed by atoms with E-state index >= 15 is 0 Å². The SMILES string of the molecule is CC(C(N)=O)[C@H]1CN(c2ccc(I)c(F)c2)C(=O)O1. The van der Waals surface area contributed by atoms with Crippen LogP contribution in [0.15, 0.2) is 18.2 Å². The highest BCUT2D eigenvalue weighted by Gasteiger charge is 2.37. The molecule has 0 spiro atoms. The van der Waals surface area contributed by atoms with E-state index in [2.05, 4.69) is 0 Å². The second-order valence-corrected chi connectivity index (χ2v) is 5.48. The van der Waals surface area contributed by atoms with Crippen LogP contribution >= 0.6 is 22.6 Å². The largest absolute Gasteiger partial charge is 0.443 e. The predicted molar refractivity (Wildman–Crippen MR) is 75.1 cm³/mol. The third-order valence-electron chi connectivity index (χ3n) is 3.06. The van der Waals surface area contributed by atoms with Crippen LogP contribution in [0.2, 0.25) is 0 Å². The van der Waals surface area contributed by atoms with Gasteiger partial charge in [-0.2, -0.15) is 0 Å². The van der Waals surface area contributed by atoms with Crippen molar-refractivity contribution in [3.05, 3.63) is 27.6 Å². The van der Waals surface area contributed by atoms with Gasteiger partial charge in [-0.15, -0.1) is 0 Å². The average Bonchev–Trinajstić information content (AvgIpc) is 2.73. The standard InChI is InChI=1S/C12H12FIN2O3/c1-6(11(15)17)10-5-16(12(18)19-10)7-2-3-9(14)8(13)4-7/h2-4,6,10H,5H2,1H3,(H2,15,17)/t6?,10-/m1/s1. The Labute approximate surface area is 123 Å². The lowest BCUT2D eigenvalue weighted by Crippen LogP contribution is -2.34. The molecule has 0 bridgehead atoms. The van der Waals surface area contributed by atoms with Crippen molar-refractivity contribution in [3.63, 3.8) is 0 Å². The van der Waals surface area contributed by atoms with Crippen LogP contribution in [0.3, 0.4) is 0 Å². The normalized spacial score (nSPS) is 20.3. The lowest BCUT2D eigenvalue weighted by atomic mass is 10.0. The summed E-state index contributed by atoms with van der Waals surface area (Å²) in [6.07, 6.45) is -1.20. The number of carbonyl (C=O) groups is 2. The van der Waals surface area contributed by atoms with E-state index in [0.717, 1.165) is 0 Å². The molecule has 2 N–H and O–H groups in total. The predicted octanol–water partition coefficient (Wildman–Crippen LogP) is 1.88. The van der Waals surface area contributed by atoms with E-state index in [-0.39, 0.29) is 6.54 Å². The lowest BCUT2D eigenvalue weighted by molar-refractivity contribution is -0.123. The van der Waals surface area contributed by atoms with Crippen LogP contribution in [0.4, 0.5) is 14.9 Å². The molecule has 1 aromatic carbocycles. The van der Waals surface area contributed by atoms with Gasteiger partial charge >= 0.3 is 6.09 Å². The zero-order valence-electron chi connectivity index (χ0n) is 10.1. The highest BCUT2D eigenvalue weighted by atomic mass is 127. The molecule has 0 aromatic heterocycles. The van der Waals surface area contributed by atoms with Crippen LogP contribution in [0.5, 0.6) is 0 Å². The number of cyclic esters (lactones) is 1. The second kappa shape index (κ2) is 5.32. The van der Waals surface area contributed by atoms with Crippen LogP contribution in [0.25, 0.3) is 0 Å². The smallest absolute Gasteiger partial charge is 0.414 e. The number of ether oxygens (including phenoxy) is 1. The molecule has 1 aromatic rings. The maximum atomic E-state index is 13.5. The third-order valence-corrected chi connectivity index (χ3v) is 3.93. The van der Waals surface area contributed by atoms with E-state index in [9.17, 15) is 14.0 Å². The van der Waals surface area contributed by atoms with Crippen molar-refractivity contribution in [1.82, 2.24) is 0 Å². The number of amides is 2. The number of nitrogens with zero attached hydrogens (tertiary/aromatic N) is 1. The number of rotatable bonds is 3. The highest BCUT2D eigenvalue weighted by molar-refractivity contribution is 14.1. The fourth-order valence-corrected chi connectivity index (χ4v) is 2.13. The van der Waals surface area contributed by atoms with Gasteiger partial charge in [-0.05, 0) is 47.7 Å². The van der Waals surface area contributed by atoms with Crippen molar-refractivity contribution in [2.45, 2.75) is 13.0 Å². The molecular formula is C12H12FIN2O3. The Kier molecular flexibility index (Phi) is 3.93. The molecule has 1 fully saturated rings. The van der Waals surface area contributed by atoms with Gasteiger partial charge in [-0.25, -0.2) is 9.18 Å². The van der Waals surface area contributed by atoms with Crippen molar-refractivity contribution in [3.8, 4) is 0 Å². The molecule has 19 heavy (non-hydrogen) atoms. The van der Waals surface area contributed by atoms with Gasteiger partial charge in [0, 0.05) is 3.57 Å². The molecule has 2 rings (SSSR count). The molecule has 0 aliphatic carbocycles. The molecule has 5 nitrogen and oxygen atoms in total. The lowest BCUT2D eigenvalue weighted by Gasteiger charge is -2.15. The zero-order valence-corrected chi connectivity index (χ0v) is 12.3. The Morgan fingerprint density at radius 2 is 2.32 bits per heavy atom. The van der Waals surface area contributed by atoms with Gasteiger partial charge < -0.3 is 10.5 Å². The summed E-state index contributed by atoms with van der Waals surface area (Å²) in [5.74, 6) is -1.52. The van der Waals surface area contributed by atoms with E-state index in [4.69, 9.17) is 10.5 Å². The van der Waals surface area contributed by atoms with Crippen LogP contribution < -0.4 is 10.6 Å². The monoisotopic (exact) mass is 378 g/mol. The molecule has 0 saturated carbocycles. The van der Waals surface area contributed by atoms with Gasteiger partial charge in [-0.1, -0.05) is 0 Å². The summed E-state index contributed by atoms with van der Waals surface area (Å²) in [6, 6.07) is 4.47. The van der Waals surface area contributed by atoms with Gasteiger partial charge in [0.05, 0.1) is 18.2 Å². The van der Waals surface area contributed by atoms with E-state index in [1.54, 1.807) is 19.1 Å². The summed E-state index contributed by atoms with van der Waals surface area (Å²) >= 11 is 1.86. The molecule has 0 radical (unpaired) electrons. The first-order chi connectivity index (χ1) is 8.90. The molecule has 7 heteroatoms. The van der Waals surface area contributed by atoms with Crippen LogP contribution in [-0.2, 0) is 9.53 Å². The van der Waals surface area contributed by atoms with E-state index in [1.807, 2.05) is 22.6 Å². The fraction of sp³-hybridized carbons (Fsp3) is 0.333. The van der Waals surface area contributed by atoms with Gasteiger partial charge in [-0.3, -0.25) is 9.69 Å². The van der Waals surface area contributed by atoms with Gasteiger partial charge in [0.25, 0.3) is 0 Å². The minimum absolute atomic E-state index is 0.184.